The molecule has 0 spiro atoms. The number of rotatable bonds is 7. The zero-order valence-corrected chi connectivity index (χ0v) is 19.5. The Morgan fingerprint density at radius 2 is 1.65 bits per heavy atom. The van der Waals surface area contributed by atoms with Gasteiger partial charge in [-0.2, -0.15) is 0 Å². The topological polar surface area (TPSA) is 93.5 Å². The largest absolute Gasteiger partial charge is 0.508 e. The summed E-state index contributed by atoms with van der Waals surface area (Å²) in [6, 6.07) is 14.1. The first kappa shape index (κ1) is 22.1. The van der Waals surface area contributed by atoms with Gasteiger partial charge in [-0.25, -0.2) is 14.6 Å². The predicted octanol–water partition coefficient (Wildman–Crippen LogP) is 6.52. The highest BCUT2D eigenvalue weighted by Crippen LogP contribution is 2.31. The molecule has 0 amide bonds. The van der Waals surface area contributed by atoms with Crippen LogP contribution in [0.4, 0.5) is 0 Å². The van der Waals surface area contributed by atoms with Gasteiger partial charge in [-0.3, -0.25) is 0 Å². The number of nitrogens with zero attached hydrogens (tertiary/aromatic N) is 1. The molecule has 0 radical (unpaired) electrons. The van der Waals surface area contributed by atoms with Crippen molar-refractivity contribution < 1.29 is 13.9 Å². The van der Waals surface area contributed by atoms with Crippen LogP contribution in [0.25, 0.3) is 43.8 Å². The minimum Gasteiger partial charge on any atom is -0.508 e. The van der Waals surface area contributed by atoms with E-state index in [1.54, 1.807) is 23.6 Å². The summed E-state index contributed by atoms with van der Waals surface area (Å²) < 4.78 is 10.9. The molecule has 172 valence electrons. The predicted molar refractivity (Wildman–Crippen MR) is 135 cm³/mol. The summed E-state index contributed by atoms with van der Waals surface area (Å²) in [5.74, 6) is 0.138. The molecule has 3 aromatic heterocycles. The Kier molecular flexibility index (Phi) is 6.02. The molecule has 34 heavy (non-hydrogen) atoms. The average Bonchev–Trinajstić information content (AvgIpc) is 3.31. The minimum absolute atomic E-state index is 0.138. The molecular formula is C27H23NO5S. The lowest BCUT2D eigenvalue weighted by atomic mass is 10.0. The van der Waals surface area contributed by atoms with Gasteiger partial charge in [0.15, 0.2) is 0 Å². The number of hydrogen-bond acceptors (Lipinski definition) is 7. The molecule has 5 aromatic rings. The summed E-state index contributed by atoms with van der Waals surface area (Å²) in [7, 11) is 0. The number of benzene rings is 2. The van der Waals surface area contributed by atoms with Crippen LogP contribution in [0.15, 0.2) is 72.3 Å². The summed E-state index contributed by atoms with van der Waals surface area (Å²) in [4.78, 5) is 29.8. The first-order valence-electron chi connectivity index (χ1n) is 11.3. The molecule has 5 rings (SSSR count). The Balaban J connectivity index is 1.52. The fraction of sp³-hybridized carbons (Fsp3) is 0.222. The van der Waals surface area contributed by atoms with Gasteiger partial charge in [0.1, 0.15) is 21.9 Å². The maximum absolute atomic E-state index is 12.7. The molecule has 0 aliphatic heterocycles. The third-order valence-corrected chi connectivity index (χ3v) is 6.76. The van der Waals surface area contributed by atoms with Crippen LogP contribution in [0.2, 0.25) is 0 Å². The molecule has 0 bridgehead atoms. The third kappa shape index (κ3) is 4.26. The van der Waals surface area contributed by atoms with E-state index in [0.717, 1.165) is 48.4 Å². The standard InChI is InChI=1S/C27H23NO5S/c1-2-3-4-5-8-16-11-18-13-19(26(30)33-24(18)14-22(16)29)21-15-34-25(28-21)20-12-17-9-6-7-10-23(17)32-27(20)31/h6-7,9-15,29H,2-5,8H2,1H3. The van der Waals surface area contributed by atoms with E-state index in [0.29, 0.717) is 33.0 Å². The Bertz CT molecular complexity index is 1610. The first-order chi connectivity index (χ1) is 16.5. The molecule has 2 aromatic carbocycles. The van der Waals surface area contributed by atoms with Crippen molar-refractivity contribution in [3.8, 4) is 27.6 Å². The summed E-state index contributed by atoms with van der Waals surface area (Å²) >= 11 is 1.26. The molecule has 0 aliphatic rings. The van der Waals surface area contributed by atoms with Crippen molar-refractivity contribution in [2.75, 3.05) is 0 Å². The summed E-state index contributed by atoms with van der Waals surface area (Å²) in [6.45, 7) is 2.16. The molecule has 0 fully saturated rings. The normalized spacial score (nSPS) is 11.4. The van der Waals surface area contributed by atoms with Crippen LogP contribution in [0.1, 0.15) is 38.2 Å². The van der Waals surface area contributed by atoms with Gasteiger partial charge < -0.3 is 13.9 Å². The van der Waals surface area contributed by atoms with Crippen molar-refractivity contribution in [3.05, 3.63) is 80.3 Å². The van der Waals surface area contributed by atoms with Crippen LogP contribution in [-0.2, 0) is 6.42 Å². The average molecular weight is 474 g/mol. The highest BCUT2D eigenvalue weighted by Gasteiger charge is 2.16. The van der Waals surface area contributed by atoms with Gasteiger partial charge in [0, 0.05) is 22.2 Å². The number of aromatic hydroxyl groups is 1. The van der Waals surface area contributed by atoms with E-state index in [1.807, 2.05) is 24.3 Å². The monoisotopic (exact) mass is 473 g/mol. The van der Waals surface area contributed by atoms with Gasteiger partial charge in [-0.1, -0.05) is 44.4 Å². The molecule has 1 N–H and O–H groups in total. The fourth-order valence-corrected chi connectivity index (χ4v) is 4.88. The lowest BCUT2D eigenvalue weighted by Gasteiger charge is -2.07. The molecule has 0 unspecified atom stereocenters. The molecule has 0 saturated carbocycles. The van der Waals surface area contributed by atoms with Crippen LogP contribution in [0.3, 0.4) is 0 Å². The van der Waals surface area contributed by atoms with Crippen molar-refractivity contribution in [1.29, 1.82) is 0 Å². The van der Waals surface area contributed by atoms with E-state index in [2.05, 4.69) is 11.9 Å². The Morgan fingerprint density at radius 3 is 2.50 bits per heavy atom. The molecule has 0 atom stereocenters. The second-order valence-corrected chi connectivity index (χ2v) is 9.16. The van der Waals surface area contributed by atoms with E-state index in [-0.39, 0.29) is 5.75 Å². The summed E-state index contributed by atoms with van der Waals surface area (Å²) in [5, 5.41) is 14.1. The van der Waals surface area contributed by atoms with Crippen molar-refractivity contribution in [2.45, 2.75) is 39.0 Å². The van der Waals surface area contributed by atoms with E-state index in [9.17, 15) is 14.7 Å². The molecule has 3 heterocycles. The van der Waals surface area contributed by atoms with E-state index in [4.69, 9.17) is 8.83 Å². The van der Waals surface area contributed by atoms with Crippen LogP contribution >= 0.6 is 11.3 Å². The van der Waals surface area contributed by atoms with Gasteiger partial charge >= 0.3 is 11.3 Å². The van der Waals surface area contributed by atoms with Gasteiger partial charge in [0.05, 0.1) is 16.8 Å². The molecular weight excluding hydrogens is 450 g/mol. The maximum atomic E-state index is 12.7. The Labute approximate surface area is 199 Å². The number of para-hydroxylation sites is 1. The molecule has 7 heteroatoms. The highest BCUT2D eigenvalue weighted by molar-refractivity contribution is 7.13. The van der Waals surface area contributed by atoms with Crippen molar-refractivity contribution in [3.63, 3.8) is 0 Å². The number of fused-ring (bicyclic) bond motifs is 2. The molecule has 6 nitrogen and oxygen atoms in total. The second-order valence-electron chi connectivity index (χ2n) is 8.30. The summed E-state index contributed by atoms with van der Waals surface area (Å²) in [5.41, 5.74) is 1.73. The lowest BCUT2D eigenvalue weighted by Crippen LogP contribution is -2.04. The highest BCUT2D eigenvalue weighted by atomic mass is 32.1. The number of aromatic nitrogens is 1. The SMILES string of the molecule is CCCCCCc1cc2cc(-c3csc(-c4cc5ccccc5oc4=O)n3)c(=O)oc2cc1O. The van der Waals surface area contributed by atoms with Crippen molar-refractivity contribution in [2.24, 2.45) is 0 Å². The van der Waals surface area contributed by atoms with E-state index >= 15 is 0 Å². The summed E-state index contributed by atoms with van der Waals surface area (Å²) in [6.07, 6.45) is 5.16. The number of aryl methyl sites for hydroxylation is 1. The van der Waals surface area contributed by atoms with Crippen molar-refractivity contribution in [1.82, 2.24) is 4.98 Å². The van der Waals surface area contributed by atoms with Crippen LogP contribution in [0, 0.1) is 0 Å². The quantitative estimate of drug-likeness (QED) is 0.214. The number of phenols is 1. The maximum Gasteiger partial charge on any atom is 0.346 e. The molecule has 0 saturated heterocycles. The van der Waals surface area contributed by atoms with Gasteiger partial charge in [0.2, 0.25) is 0 Å². The van der Waals surface area contributed by atoms with E-state index < -0.39 is 11.3 Å². The zero-order valence-electron chi connectivity index (χ0n) is 18.7. The fourth-order valence-electron chi connectivity index (χ4n) is 4.06. The Morgan fingerprint density at radius 1 is 0.882 bits per heavy atom. The van der Waals surface area contributed by atoms with Gasteiger partial charge in [-0.05, 0) is 42.7 Å². The van der Waals surface area contributed by atoms with Gasteiger partial charge in [0.25, 0.3) is 0 Å². The van der Waals surface area contributed by atoms with Crippen LogP contribution in [0.5, 0.6) is 5.75 Å². The lowest BCUT2D eigenvalue weighted by molar-refractivity contribution is 0.464. The second kappa shape index (κ2) is 9.27. The molecule has 0 aliphatic carbocycles. The number of unbranched alkanes of at least 4 members (excludes halogenated alkanes) is 3. The van der Waals surface area contributed by atoms with Crippen molar-refractivity contribution >= 4 is 33.3 Å². The smallest absolute Gasteiger partial charge is 0.346 e. The third-order valence-electron chi connectivity index (χ3n) is 5.89. The number of hydrogen-bond donors (Lipinski definition) is 1. The van der Waals surface area contributed by atoms with E-state index in [1.165, 1.54) is 17.4 Å². The number of thiazole rings is 1. The minimum atomic E-state index is -0.551. The number of phenolic OH excluding ortho intramolecular Hbond substituents is 1. The van der Waals surface area contributed by atoms with Gasteiger partial charge in [-0.15, -0.1) is 11.3 Å². The Hall–Kier alpha value is -3.71. The first-order valence-corrected chi connectivity index (χ1v) is 12.2. The zero-order chi connectivity index (χ0) is 23.7. The van der Waals surface area contributed by atoms with Crippen LogP contribution in [-0.4, -0.2) is 10.1 Å². The van der Waals surface area contributed by atoms with Crippen LogP contribution < -0.4 is 11.3 Å².